The maximum Gasteiger partial charge on any atom is 0.244 e. The standard InChI is InChI=1S/C24H23ClFN7O/c1-33(2)9-3-4-23(34)28-13-22-27-12-21(32-22)15-5-8-20-17(10-15)24(30-14-29-20)31-16-6-7-19(26)18(25)11-16/h3-8,10-12,14H,9,13H2,1-2H3,(H,27,32)(H,28,34)(H,29,30,31)/b4-3+. The Morgan fingerprint density at radius 1 is 1.18 bits per heavy atom. The molecule has 2 heterocycles. The quantitative estimate of drug-likeness (QED) is 0.326. The lowest BCUT2D eigenvalue weighted by molar-refractivity contribution is -0.116. The molecule has 0 aliphatic carbocycles. The van der Waals surface area contributed by atoms with Crippen molar-refractivity contribution >= 4 is 39.9 Å². The molecule has 4 rings (SSSR count). The molecule has 0 saturated carbocycles. The summed E-state index contributed by atoms with van der Waals surface area (Å²) >= 11 is 5.90. The molecule has 0 radical (unpaired) electrons. The molecule has 3 N–H and O–H groups in total. The number of aromatic nitrogens is 4. The average Bonchev–Trinajstić information content (AvgIpc) is 3.29. The predicted octanol–water partition coefficient (Wildman–Crippen LogP) is 4.29. The first-order valence-corrected chi connectivity index (χ1v) is 10.9. The van der Waals surface area contributed by atoms with Gasteiger partial charge in [-0.3, -0.25) is 4.79 Å². The molecule has 0 fully saturated rings. The van der Waals surface area contributed by atoms with Crippen molar-refractivity contribution in [2.24, 2.45) is 0 Å². The number of halogens is 2. The van der Waals surface area contributed by atoms with Gasteiger partial charge < -0.3 is 20.5 Å². The molecule has 0 unspecified atom stereocenters. The number of rotatable bonds is 8. The van der Waals surface area contributed by atoms with Crippen molar-refractivity contribution in [3.63, 3.8) is 0 Å². The predicted molar refractivity (Wildman–Crippen MR) is 131 cm³/mol. The highest BCUT2D eigenvalue weighted by Crippen LogP contribution is 2.29. The zero-order chi connectivity index (χ0) is 24.1. The largest absolute Gasteiger partial charge is 0.345 e. The van der Waals surface area contributed by atoms with E-state index in [2.05, 4.69) is 30.6 Å². The first kappa shape index (κ1) is 23.3. The number of hydrogen-bond acceptors (Lipinski definition) is 6. The van der Waals surface area contributed by atoms with E-state index in [0.717, 1.165) is 22.2 Å². The minimum Gasteiger partial charge on any atom is -0.345 e. The van der Waals surface area contributed by atoms with Crippen LogP contribution < -0.4 is 10.6 Å². The average molecular weight is 480 g/mol. The molecular formula is C24H23ClFN7O. The maximum atomic E-state index is 13.5. The summed E-state index contributed by atoms with van der Waals surface area (Å²) in [6.07, 6.45) is 6.47. The summed E-state index contributed by atoms with van der Waals surface area (Å²) in [6, 6.07) is 10.1. The Hall–Kier alpha value is -3.82. The molecule has 0 spiro atoms. The van der Waals surface area contributed by atoms with E-state index in [-0.39, 0.29) is 17.5 Å². The van der Waals surface area contributed by atoms with Gasteiger partial charge in [0, 0.05) is 29.3 Å². The number of hydrogen-bond donors (Lipinski definition) is 3. The molecule has 1 amide bonds. The van der Waals surface area contributed by atoms with Gasteiger partial charge in [-0.15, -0.1) is 0 Å². The zero-order valence-corrected chi connectivity index (χ0v) is 19.4. The second-order valence-corrected chi connectivity index (χ2v) is 8.24. The Kier molecular flexibility index (Phi) is 7.15. The molecule has 0 atom stereocenters. The van der Waals surface area contributed by atoms with Crippen LogP contribution in [0.5, 0.6) is 0 Å². The van der Waals surface area contributed by atoms with Gasteiger partial charge in [0.15, 0.2) is 0 Å². The van der Waals surface area contributed by atoms with Crippen LogP contribution in [0.4, 0.5) is 15.9 Å². The number of carbonyl (C=O) groups excluding carboxylic acids is 1. The zero-order valence-electron chi connectivity index (χ0n) is 18.6. The number of imidazole rings is 1. The van der Waals surface area contributed by atoms with E-state index in [4.69, 9.17) is 11.6 Å². The molecule has 0 bridgehead atoms. The molecular weight excluding hydrogens is 457 g/mol. The lowest BCUT2D eigenvalue weighted by atomic mass is 10.1. The van der Waals surface area contributed by atoms with Gasteiger partial charge in [-0.1, -0.05) is 23.7 Å². The number of H-pyrrole nitrogens is 1. The molecule has 174 valence electrons. The Morgan fingerprint density at radius 2 is 2.03 bits per heavy atom. The van der Waals surface area contributed by atoms with Crippen LogP contribution >= 0.6 is 11.6 Å². The first-order chi connectivity index (χ1) is 16.4. The molecule has 8 nitrogen and oxygen atoms in total. The van der Waals surface area contributed by atoms with E-state index in [0.29, 0.717) is 23.9 Å². The van der Waals surface area contributed by atoms with Crippen molar-refractivity contribution in [1.29, 1.82) is 0 Å². The molecule has 10 heteroatoms. The lowest BCUT2D eigenvalue weighted by Crippen LogP contribution is -2.21. The highest BCUT2D eigenvalue weighted by molar-refractivity contribution is 6.31. The summed E-state index contributed by atoms with van der Waals surface area (Å²) in [5, 5.41) is 6.77. The minimum atomic E-state index is -0.488. The number of amides is 1. The normalized spacial score (nSPS) is 11.4. The molecule has 34 heavy (non-hydrogen) atoms. The molecule has 0 aliphatic rings. The maximum absolute atomic E-state index is 13.5. The number of likely N-dealkylation sites (N-methyl/N-ethyl adjacent to an activating group) is 1. The third-order valence-corrected chi connectivity index (χ3v) is 5.22. The highest BCUT2D eigenvalue weighted by atomic mass is 35.5. The van der Waals surface area contributed by atoms with Crippen LogP contribution in [0.3, 0.4) is 0 Å². The van der Waals surface area contributed by atoms with E-state index >= 15 is 0 Å². The van der Waals surface area contributed by atoms with Crippen LogP contribution in [0.25, 0.3) is 22.2 Å². The van der Waals surface area contributed by atoms with E-state index in [1.807, 2.05) is 37.2 Å². The summed E-state index contributed by atoms with van der Waals surface area (Å²) in [5.41, 5.74) is 3.01. The summed E-state index contributed by atoms with van der Waals surface area (Å²) in [7, 11) is 3.87. The molecule has 2 aromatic carbocycles. The van der Waals surface area contributed by atoms with E-state index < -0.39 is 5.82 Å². The lowest BCUT2D eigenvalue weighted by Gasteiger charge is -2.10. The van der Waals surface area contributed by atoms with Crippen LogP contribution in [-0.2, 0) is 11.3 Å². The van der Waals surface area contributed by atoms with Gasteiger partial charge in [0.25, 0.3) is 0 Å². The highest BCUT2D eigenvalue weighted by Gasteiger charge is 2.10. The number of carbonyl (C=O) groups is 1. The minimum absolute atomic E-state index is 0.0225. The summed E-state index contributed by atoms with van der Waals surface area (Å²) in [4.78, 5) is 30.2. The molecule has 0 aliphatic heterocycles. The van der Waals surface area contributed by atoms with Crippen molar-refractivity contribution in [2.75, 3.05) is 26.0 Å². The van der Waals surface area contributed by atoms with E-state index in [1.165, 1.54) is 24.5 Å². The number of nitrogens with one attached hydrogen (secondary N) is 3. The fourth-order valence-corrected chi connectivity index (χ4v) is 3.41. The van der Waals surface area contributed by atoms with Crippen LogP contribution in [0, 0.1) is 5.82 Å². The fourth-order valence-electron chi connectivity index (χ4n) is 3.23. The number of aromatic amines is 1. The van der Waals surface area contributed by atoms with Gasteiger partial charge in [-0.05, 0) is 44.4 Å². The van der Waals surface area contributed by atoms with Crippen molar-refractivity contribution < 1.29 is 9.18 Å². The molecule has 4 aromatic rings. The van der Waals surface area contributed by atoms with Gasteiger partial charge >= 0.3 is 0 Å². The van der Waals surface area contributed by atoms with Crippen molar-refractivity contribution in [1.82, 2.24) is 30.2 Å². The molecule has 2 aromatic heterocycles. The van der Waals surface area contributed by atoms with Crippen molar-refractivity contribution in [3.05, 3.63) is 77.7 Å². The number of fused-ring (bicyclic) bond motifs is 1. The second kappa shape index (κ2) is 10.4. The fraction of sp³-hybridized carbons (Fsp3) is 0.167. The van der Waals surface area contributed by atoms with E-state index in [9.17, 15) is 9.18 Å². The van der Waals surface area contributed by atoms with Crippen molar-refractivity contribution in [2.45, 2.75) is 6.54 Å². The van der Waals surface area contributed by atoms with Crippen LogP contribution in [0.2, 0.25) is 5.02 Å². The summed E-state index contributed by atoms with van der Waals surface area (Å²) in [5.74, 6) is 0.524. The Morgan fingerprint density at radius 3 is 2.82 bits per heavy atom. The SMILES string of the molecule is CN(C)C/C=C/C(=O)NCc1ncc(-c2ccc3ncnc(Nc4ccc(F)c(Cl)c4)c3c2)[nH]1. The van der Waals surface area contributed by atoms with Crippen LogP contribution in [-0.4, -0.2) is 51.4 Å². The monoisotopic (exact) mass is 479 g/mol. The van der Waals surface area contributed by atoms with Gasteiger partial charge in [0.1, 0.15) is 23.8 Å². The number of anilines is 2. The number of benzene rings is 2. The summed E-state index contributed by atoms with van der Waals surface area (Å²) < 4.78 is 13.5. The Balaban J connectivity index is 1.51. The van der Waals surface area contributed by atoms with Gasteiger partial charge in [0.2, 0.25) is 5.91 Å². The van der Waals surface area contributed by atoms with Gasteiger partial charge in [0.05, 0.1) is 29.0 Å². The topological polar surface area (TPSA) is 98.8 Å². The molecule has 0 saturated heterocycles. The number of nitrogens with zero attached hydrogens (tertiary/aromatic N) is 4. The third-order valence-electron chi connectivity index (χ3n) is 4.93. The van der Waals surface area contributed by atoms with E-state index in [1.54, 1.807) is 18.3 Å². The Bertz CT molecular complexity index is 1350. The van der Waals surface area contributed by atoms with Gasteiger partial charge in [-0.2, -0.15) is 0 Å². The summed E-state index contributed by atoms with van der Waals surface area (Å²) in [6.45, 7) is 0.967. The first-order valence-electron chi connectivity index (χ1n) is 10.5. The van der Waals surface area contributed by atoms with Gasteiger partial charge in [-0.25, -0.2) is 19.3 Å². The van der Waals surface area contributed by atoms with Crippen molar-refractivity contribution in [3.8, 4) is 11.3 Å². The smallest absolute Gasteiger partial charge is 0.244 e. The van der Waals surface area contributed by atoms with Crippen LogP contribution in [0.1, 0.15) is 5.82 Å². The van der Waals surface area contributed by atoms with Crippen LogP contribution in [0.15, 0.2) is 61.1 Å². The Labute approximate surface area is 200 Å². The third kappa shape index (κ3) is 5.75. The second-order valence-electron chi connectivity index (χ2n) is 7.83.